The minimum Gasteiger partial charge on any atom is -0.482 e. The number of ether oxygens (including phenoxy) is 1. The Labute approximate surface area is 122 Å². The lowest BCUT2D eigenvalue weighted by atomic mass is 10.1. The molecule has 2 N–H and O–H groups in total. The van der Waals surface area contributed by atoms with Crippen molar-refractivity contribution in [3.63, 3.8) is 0 Å². The highest BCUT2D eigenvalue weighted by atomic mass is 35.5. The van der Waals surface area contributed by atoms with Gasteiger partial charge in [-0.05, 0) is 44.1 Å². The van der Waals surface area contributed by atoms with Gasteiger partial charge in [0.1, 0.15) is 5.75 Å². The molecular weight excluding hydrogens is 287 g/mol. The Morgan fingerprint density at radius 1 is 1.37 bits per heavy atom. The van der Waals surface area contributed by atoms with Crippen molar-refractivity contribution in [2.45, 2.75) is 18.9 Å². The van der Waals surface area contributed by atoms with E-state index in [4.69, 9.17) is 27.9 Å². The number of carbonyl (C=O) groups is 1. The van der Waals surface area contributed by atoms with Crippen LogP contribution in [0, 0.1) is 0 Å². The molecule has 6 heteroatoms. The van der Waals surface area contributed by atoms with E-state index in [1.54, 1.807) is 18.2 Å². The molecular formula is C13H16Cl2N2O2. The van der Waals surface area contributed by atoms with E-state index in [0.717, 1.165) is 25.9 Å². The second-order valence-electron chi connectivity index (χ2n) is 4.46. The third kappa shape index (κ3) is 4.56. The van der Waals surface area contributed by atoms with Crippen LogP contribution in [0.2, 0.25) is 10.0 Å². The van der Waals surface area contributed by atoms with E-state index in [2.05, 4.69) is 10.6 Å². The highest BCUT2D eigenvalue weighted by Gasteiger charge is 2.15. The van der Waals surface area contributed by atoms with E-state index in [0.29, 0.717) is 15.8 Å². The second-order valence-corrected chi connectivity index (χ2v) is 5.30. The molecule has 1 aliphatic rings. The summed E-state index contributed by atoms with van der Waals surface area (Å²) in [5.41, 5.74) is 0. The minimum absolute atomic E-state index is 0.0364. The van der Waals surface area contributed by atoms with Crippen molar-refractivity contribution in [3.8, 4) is 5.75 Å². The summed E-state index contributed by atoms with van der Waals surface area (Å²) >= 11 is 11.7. The monoisotopic (exact) mass is 302 g/mol. The first-order valence-corrected chi connectivity index (χ1v) is 6.98. The summed E-state index contributed by atoms with van der Waals surface area (Å²) in [5, 5.41) is 7.14. The van der Waals surface area contributed by atoms with Crippen molar-refractivity contribution in [1.82, 2.24) is 10.6 Å². The van der Waals surface area contributed by atoms with Gasteiger partial charge in [0, 0.05) is 11.1 Å². The molecule has 1 fully saturated rings. The molecule has 19 heavy (non-hydrogen) atoms. The highest BCUT2D eigenvalue weighted by Crippen LogP contribution is 2.27. The molecule has 1 aromatic rings. The lowest BCUT2D eigenvalue weighted by Gasteiger charge is -2.23. The molecule has 0 saturated carbocycles. The van der Waals surface area contributed by atoms with E-state index in [1.807, 2.05) is 0 Å². The zero-order valence-corrected chi connectivity index (χ0v) is 11.9. The molecule has 0 aromatic heterocycles. The molecule has 1 heterocycles. The van der Waals surface area contributed by atoms with Crippen LogP contribution in [-0.4, -0.2) is 31.6 Å². The lowest BCUT2D eigenvalue weighted by molar-refractivity contribution is -0.123. The smallest absolute Gasteiger partial charge is 0.258 e. The van der Waals surface area contributed by atoms with Crippen LogP contribution in [0.15, 0.2) is 18.2 Å². The summed E-state index contributed by atoms with van der Waals surface area (Å²) in [5.74, 6) is 0.337. The number of carbonyl (C=O) groups excluding carboxylic acids is 1. The van der Waals surface area contributed by atoms with Gasteiger partial charge in [-0.2, -0.15) is 0 Å². The van der Waals surface area contributed by atoms with Crippen molar-refractivity contribution in [2.75, 3.05) is 19.7 Å². The molecule has 1 saturated heterocycles. The second kappa shape index (κ2) is 6.98. The fourth-order valence-corrected chi connectivity index (χ4v) is 2.43. The van der Waals surface area contributed by atoms with Crippen molar-refractivity contribution in [3.05, 3.63) is 28.2 Å². The third-order valence-corrected chi connectivity index (χ3v) is 3.49. The molecule has 4 nitrogen and oxygen atoms in total. The summed E-state index contributed by atoms with van der Waals surface area (Å²) in [4.78, 5) is 11.7. The predicted octanol–water partition coefficient (Wildman–Crippen LogP) is 2.24. The zero-order chi connectivity index (χ0) is 13.7. The Balaban J connectivity index is 1.79. The van der Waals surface area contributed by atoms with Gasteiger partial charge >= 0.3 is 0 Å². The topological polar surface area (TPSA) is 50.4 Å². The number of benzene rings is 1. The first-order chi connectivity index (χ1) is 9.15. The van der Waals surface area contributed by atoms with E-state index < -0.39 is 0 Å². The van der Waals surface area contributed by atoms with Crippen LogP contribution in [0.25, 0.3) is 0 Å². The number of piperidine rings is 1. The van der Waals surface area contributed by atoms with E-state index >= 15 is 0 Å². The summed E-state index contributed by atoms with van der Waals surface area (Å²) < 4.78 is 5.38. The Bertz CT molecular complexity index is 448. The number of rotatable bonds is 4. The van der Waals surface area contributed by atoms with Crippen LogP contribution in [0.1, 0.15) is 12.8 Å². The van der Waals surface area contributed by atoms with E-state index in [9.17, 15) is 4.79 Å². The number of hydrogen-bond acceptors (Lipinski definition) is 3. The van der Waals surface area contributed by atoms with Gasteiger partial charge in [-0.15, -0.1) is 0 Å². The van der Waals surface area contributed by atoms with Gasteiger partial charge in [-0.1, -0.05) is 23.2 Å². The summed E-state index contributed by atoms with van der Waals surface area (Å²) in [6.07, 6.45) is 1.90. The van der Waals surface area contributed by atoms with Gasteiger partial charge in [-0.3, -0.25) is 4.79 Å². The molecule has 0 unspecified atom stereocenters. The minimum atomic E-state index is -0.127. The van der Waals surface area contributed by atoms with Crippen molar-refractivity contribution in [2.24, 2.45) is 0 Å². The molecule has 0 bridgehead atoms. The number of amides is 1. The number of hydrogen-bond donors (Lipinski definition) is 2. The van der Waals surface area contributed by atoms with Crippen molar-refractivity contribution in [1.29, 1.82) is 0 Å². The van der Waals surface area contributed by atoms with Gasteiger partial charge in [0.2, 0.25) is 0 Å². The number of nitrogens with one attached hydrogen (secondary N) is 2. The van der Waals surface area contributed by atoms with Crippen LogP contribution in [0.3, 0.4) is 0 Å². The van der Waals surface area contributed by atoms with Crippen LogP contribution in [-0.2, 0) is 4.79 Å². The predicted molar refractivity (Wildman–Crippen MR) is 76.0 cm³/mol. The Hall–Kier alpha value is -0.970. The molecule has 0 radical (unpaired) electrons. The van der Waals surface area contributed by atoms with Crippen LogP contribution >= 0.6 is 23.2 Å². The lowest BCUT2D eigenvalue weighted by Crippen LogP contribution is -2.44. The molecule has 0 atom stereocenters. The van der Waals surface area contributed by atoms with Crippen molar-refractivity contribution >= 4 is 29.1 Å². The summed E-state index contributed by atoms with van der Waals surface area (Å²) in [7, 11) is 0. The summed E-state index contributed by atoms with van der Waals surface area (Å²) in [6.45, 7) is 1.84. The Morgan fingerprint density at radius 2 is 2.11 bits per heavy atom. The molecule has 104 valence electrons. The van der Waals surface area contributed by atoms with Gasteiger partial charge in [0.05, 0.1) is 5.02 Å². The molecule has 1 aromatic carbocycles. The van der Waals surface area contributed by atoms with E-state index in [-0.39, 0.29) is 18.6 Å². The van der Waals surface area contributed by atoms with Gasteiger partial charge in [0.25, 0.3) is 5.91 Å². The van der Waals surface area contributed by atoms with Crippen LogP contribution in [0.5, 0.6) is 5.75 Å². The molecule has 1 amide bonds. The first kappa shape index (κ1) is 14.4. The van der Waals surface area contributed by atoms with Gasteiger partial charge in [0.15, 0.2) is 6.61 Å². The molecule has 2 rings (SSSR count). The standard InChI is InChI=1S/C13H16Cl2N2O2/c14-9-1-2-12(11(15)7-9)19-8-13(18)17-10-3-5-16-6-4-10/h1-2,7,10,16H,3-6,8H2,(H,17,18). The zero-order valence-electron chi connectivity index (χ0n) is 10.4. The highest BCUT2D eigenvalue weighted by molar-refractivity contribution is 6.35. The summed E-state index contributed by atoms with van der Waals surface area (Å²) in [6, 6.07) is 5.15. The largest absolute Gasteiger partial charge is 0.482 e. The number of halogens is 2. The molecule has 0 spiro atoms. The Morgan fingerprint density at radius 3 is 2.79 bits per heavy atom. The molecule has 1 aliphatic heterocycles. The normalized spacial score (nSPS) is 16.1. The maximum atomic E-state index is 11.7. The van der Waals surface area contributed by atoms with Gasteiger partial charge < -0.3 is 15.4 Å². The average molecular weight is 303 g/mol. The van der Waals surface area contributed by atoms with Crippen LogP contribution < -0.4 is 15.4 Å². The maximum absolute atomic E-state index is 11.7. The van der Waals surface area contributed by atoms with Crippen LogP contribution in [0.4, 0.5) is 0 Å². The van der Waals surface area contributed by atoms with E-state index in [1.165, 1.54) is 0 Å². The molecule has 0 aliphatic carbocycles. The maximum Gasteiger partial charge on any atom is 0.258 e. The van der Waals surface area contributed by atoms with Crippen molar-refractivity contribution < 1.29 is 9.53 Å². The Kier molecular flexibility index (Phi) is 5.31. The fourth-order valence-electron chi connectivity index (χ4n) is 1.97. The average Bonchev–Trinajstić information content (AvgIpc) is 2.39. The fraction of sp³-hybridized carbons (Fsp3) is 0.462. The SMILES string of the molecule is O=C(COc1ccc(Cl)cc1Cl)NC1CCNCC1. The van der Waals surface area contributed by atoms with Gasteiger partial charge in [-0.25, -0.2) is 0 Å². The first-order valence-electron chi connectivity index (χ1n) is 6.23. The quantitative estimate of drug-likeness (QED) is 0.897. The third-order valence-electron chi connectivity index (χ3n) is 2.96.